The summed E-state index contributed by atoms with van der Waals surface area (Å²) in [5, 5.41) is 5.22. The predicted octanol–water partition coefficient (Wildman–Crippen LogP) is 1.21. The van der Waals surface area contributed by atoms with Gasteiger partial charge in [-0.15, -0.1) is 0 Å². The highest BCUT2D eigenvalue weighted by atomic mass is 16.2. The molecule has 1 unspecified atom stereocenters. The maximum Gasteiger partial charge on any atom is 0.322 e. The van der Waals surface area contributed by atoms with Gasteiger partial charge in [0, 0.05) is 24.0 Å². The Balaban J connectivity index is 1.55. The summed E-state index contributed by atoms with van der Waals surface area (Å²) in [4.78, 5) is 40.2. The van der Waals surface area contributed by atoms with Crippen molar-refractivity contribution >= 4 is 17.8 Å². The summed E-state index contributed by atoms with van der Waals surface area (Å²) < 4.78 is 0. The molecule has 0 saturated carbocycles. The Kier molecular flexibility index (Phi) is 3.60. The number of piperidine rings is 1. The summed E-state index contributed by atoms with van der Waals surface area (Å²) in [5.41, 5.74) is 2.11. The molecule has 1 atom stereocenters. The van der Waals surface area contributed by atoms with E-state index in [-0.39, 0.29) is 5.91 Å². The lowest BCUT2D eigenvalue weighted by molar-refractivity contribution is -0.124. The smallest absolute Gasteiger partial charge is 0.322 e. The highest BCUT2D eigenvalue weighted by Gasteiger charge is 2.49. The Morgan fingerprint density at radius 2 is 2.04 bits per heavy atom. The molecular weight excluding hydrogens is 344 g/mol. The number of hydrogen-bond donors (Lipinski definition) is 2. The van der Waals surface area contributed by atoms with Crippen molar-refractivity contribution in [3.05, 3.63) is 35.7 Å². The van der Waals surface area contributed by atoms with Crippen LogP contribution in [0.5, 0.6) is 0 Å². The normalized spacial score (nSPS) is 24.1. The first-order valence-electron chi connectivity index (χ1n) is 9.34. The van der Waals surface area contributed by atoms with Crippen LogP contribution in [-0.4, -0.2) is 45.5 Å². The average molecular weight is 364 g/mol. The molecule has 2 saturated heterocycles. The number of urea groups is 1. The van der Waals surface area contributed by atoms with E-state index in [1.54, 1.807) is 6.20 Å². The monoisotopic (exact) mass is 364 g/mol. The third-order valence-corrected chi connectivity index (χ3v) is 5.61. The highest BCUT2D eigenvalue weighted by Crippen LogP contribution is 2.34. The molecule has 2 N–H and O–H groups in total. The van der Waals surface area contributed by atoms with E-state index in [4.69, 9.17) is 9.97 Å². The first kappa shape index (κ1) is 16.2. The van der Waals surface area contributed by atoms with E-state index in [0.29, 0.717) is 18.8 Å². The minimum atomic E-state index is -0.864. The zero-order valence-corrected chi connectivity index (χ0v) is 14.9. The average Bonchev–Trinajstić information content (AvgIpc) is 3.26. The maximum absolute atomic E-state index is 12.4. The topological polar surface area (TPSA) is 100 Å². The second kappa shape index (κ2) is 6.00. The van der Waals surface area contributed by atoms with Crippen molar-refractivity contribution in [2.24, 2.45) is 0 Å². The standard InChI is InChI=1S/C19H20N6O2/c26-17-19(24-18(27)23-17)8-4-10-25(11-19)16-12-5-3-7-13(12)21-15(22-16)14-6-1-2-9-20-14/h1-2,6,9H,3-5,7-8,10-11H2,(H2,23,24,26,27). The Hall–Kier alpha value is -3.03. The third kappa shape index (κ3) is 2.63. The molecule has 0 bridgehead atoms. The lowest BCUT2D eigenvalue weighted by atomic mass is 9.89. The molecule has 8 nitrogen and oxygen atoms in total. The van der Waals surface area contributed by atoms with Gasteiger partial charge in [0.15, 0.2) is 5.82 Å². The van der Waals surface area contributed by atoms with Crippen LogP contribution < -0.4 is 15.5 Å². The van der Waals surface area contributed by atoms with Crippen molar-refractivity contribution in [3.63, 3.8) is 0 Å². The molecule has 138 valence electrons. The Morgan fingerprint density at radius 3 is 2.81 bits per heavy atom. The molecule has 2 fully saturated rings. The van der Waals surface area contributed by atoms with E-state index in [1.165, 1.54) is 0 Å². The van der Waals surface area contributed by atoms with Gasteiger partial charge in [0.1, 0.15) is 17.1 Å². The van der Waals surface area contributed by atoms with Gasteiger partial charge in [-0.25, -0.2) is 14.8 Å². The predicted molar refractivity (Wildman–Crippen MR) is 98.1 cm³/mol. The fourth-order valence-electron chi connectivity index (χ4n) is 4.34. The van der Waals surface area contributed by atoms with Crippen molar-refractivity contribution < 1.29 is 9.59 Å². The molecule has 2 aliphatic heterocycles. The summed E-state index contributed by atoms with van der Waals surface area (Å²) >= 11 is 0. The Morgan fingerprint density at radius 1 is 1.11 bits per heavy atom. The molecule has 8 heteroatoms. The van der Waals surface area contributed by atoms with Crippen molar-refractivity contribution in [1.82, 2.24) is 25.6 Å². The van der Waals surface area contributed by atoms with Crippen LogP contribution in [0.25, 0.3) is 11.5 Å². The molecule has 0 radical (unpaired) electrons. The van der Waals surface area contributed by atoms with Crippen molar-refractivity contribution in [2.45, 2.75) is 37.6 Å². The van der Waals surface area contributed by atoms with Gasteiger partial charge in [-0.3, -0.25) is 15.1 Å². The van der Waals surface area contributed by atoms with Gasteiger partial charge in [-0.2, -0.15) is 0 Å². The minimum absolute atomic E-state index is 0.243. The minimum Gasteiger partial charge on any atom is -0.353 e. The van der Waals surface area contributed by atoms with Gasteiger partial charge in [0.05, 0.1) is 6.54 Å². The molecular formula is C19H20N6O2. The lowest BCUT2D eigenvalue weighted by Crippen LogP contribution is -2.59. The second-order valence-electron chi connectivity index (χ2n) is 7.38. The first-order chi connectivity index (χ1) is 13.1. The zero-order chi connectivity index (χ0) is 18.4. The van der Waals surface area contributed by atoms with Crippen LogP contribution in [0.3, 0.4) is 0 Å². The number of amides is 3. The van der Waals surface area contributed by atoms with E-state index in [9.17, 15) is 9.59 Å². The molecule has 5 rings (SSSR count). The van der Waals surface area contributed by atoms with Gasteiger partial charge in [0.25, 0.3) is 5.91 Å². The summed E-state index contributed by atoms with van der Waals surface area (Å²) in [7, 11) is 0. The molecule has 1 spiro atoms. The molecule has 2 aromatic heterocycles. The molecule has 3 aliphatic rings. The first-order valence-corrected chi connectivity index (χ1v) is 9.34. The number of imide groups is 1. The largest absolute Gasteiger partial charge is 0.353 e. The van der Waals surface area contributed by atoms with Crippen molar-refractivity contribution in [3.8, 4) is 11.5 Å². The number of aryl methyl sites for hydroxylation is 1. The van der Waals surface area contributed by atoms with E-state index in [0.717, 1.165) is 55.0 Å². The van der Waals surface area contributed by atoms with Gasteiger partial charge in [-0.05, 0) is 44.2 Å². The molecule has 1 aliphatic carbocycles. The number of carbonyl (C=O) groups excluding carboxylic acids is 2. The summed E-state index contributed by atoms with van der Waals surface area (Å²) in [5.74, 6) is 1.25. The lowest BCUT2D eigenvalue weighted by Gasteiger charge is -2.39. The summed E-state index contributed by atoms with van der Waals surface area (Å²) in [6, 6.07) is 5.28. The quantitative estimate of drug-likeness (QED) is 0.777. The second-order valence-corrected chi connectivity index (χ2v) is 7.38. The Labute approximate surface area is 156 Å². The van der Waals surface area contributed by atoms with Crippen molar-refractivity contribution in [2.75, 3.05) is 18.0 Å². The van der Waals surface area contributed by atoms with Gasteiger partial charge in [-0.1, -0.05) is 6.07 Å². The van der Waals surface area contributed by atoms with Gasteiger partial charge in [0.2, 0.25) is 0 Å². The zero-order valence-electron chi connectivity index (χ0n) is 14.9. The molecule has 0 aromatic carbocycles. The summed E-state index contributed by atoms with van der Waals surface area (Å²) in [6.07, 6.45) is 6.11. The van der Waals surface area contributed by atoms with Crippen LogP contribution in [0.2, 0.25) is 0 Å². The fraction of sp³-hybridized carbons (Fsp3) is 0.421. The number of nitrogens with one attached hydrogen (secondary N) is 2. The number of anilines is 1. The van der Waals surface area contributed by atoms with E-state index in [1.807, 2.05) is 18.2 Å². The SMILES string of the molecule is O=C1NC(=O)C2(CCCN(c3nc(-c4ccccn4)nc4c3CCC4)C2)N1. The van der Waals surface area contributed by atoms with Crippen molar-refractivity contribution in [1.29, 1.82) is 0 Å². The molecule has 27 heavy (non-hydrogen) atoms. The van der Waals surface area contributed by atoms with Gasteiger partial charge < -0.3 is 10.2 Å². The molecule has 4 heterocycles. The van der Waals surface area contributed by atoms with Crippen LogP contribution in [-0.2, 0) is 17.6 Å². The third-order valence-electron chi connectivity index (χ3n) is 5.61. The van der Waals surface area contributed by atoms with Crippen LogP contribution in [0.4, 0.5) is 10.6 Å². The van der Waals surface area contributed by atoms with Crippen LogP contribution in [0.1, 0.15) is 30.5 Å². The highest BCUT2D eigenvalue weighted by molar-refractivity contribution is 6.07. The van der Waals surface area contributed by atoms with Crippen LogP contribution in [0, 0.1) is 0 Å². The number of nitrogens with zero attached hydrogens (tertiary/aromatic N) is 4. The molecule has 2 aromatic rings. The van der Waals surface area contributed by atoms with E-state index < -0.39 is 11.6 Å². The molecule has 3 amide bonds. The van der Waals surface area contributed by atoms with E-state index in [2.05, 4.69) is 20.5 Å². The maximum atomic E-state index is 12.4. The number of pyridine rings is 1. The number of carbonyl (C=O) groups is 2. The number of hydrogen-bond acceptors (Lipinski definition) is 6. The number of aromatic nitrogens is 3. The number of rotatable bonds is 2. The van der Waals surface area contributed by atoms with Crippen LogP contribution >= 0.6 is 0 Å². The fourth-order valence-corrected chi connectivity index (χ4v) is 4.34. The Bertz CT molecular complexity index is 931. The van der Waals surface area contributed by atoms with Gasteiger partial charge >= 0.3 is 6.03 Å². The van der Waals surface area contributed by atoms with E-state index >= 15 is 0 Å². The summed E-state index contributed by atoms with van der Waals surface area (Å²) in [6.45, 7) is 1.23. The van der Waals surface area contributed by atoms with Crippen LogP contribution in [0.15, 0.2) is 24.4 Å². The number of fused-ring (bicyclic) bond motifs is 1.